The lowest BCUT2D eigenvalue weighted by molar-refractivity contribution is -0.138. The van der Waals surface area contributed by atoms with Gasteiger partial charge in [-0.25, -0.2) is 0 Å². The first kappa shape index (κ1) is 18.7. The molecule has 2 N–H and O–H groups in total. The molecule has 0 amide bonds. The maximum atomic E-state index is 12.6. The normalized spacial score (nSPS) is 10.7. The lowest BCUT2D eigenvalue weighted by Crippen LogP contribution is -2.16. The van der Waals surface area contributed by atoms with Crippen molar-refractivity contribution in [3.05, 3.63) is 29.3 Å². The second kappa shape index (κ2) is 6.93. The maximum Gasteiger partial charge on any atom is 0.416 e. The van der Waals surface area contributed by atoms with Gasteiger partial charge in [-0.2, -0.15) is 13.2 Å². The van der Waals surface area contributed by atoms with E-state index in [1.807, 2.05) is 0 Å². The summed E-state index contributed by atoms with van der Waals surface area (Å²) < 4.78 is 37.8. The van der Waals surface area contributed by atoms with Crippen molar-refractivity contribution in [2.75, 3.05) is 19.8 Å². The number of halogens is 5. The number of nitrogens with two attached hydrogens (primary N) is 1. The van der Waals surface area contributed by atoms with E-state index in [-0.39, 0.29) is 42.6 Å². The van der Waals surface area contributed by atoms with Gasteiger partial charge >= 0.3 is 6.18 Å². The first-order valence-electron chi connectivity index (χ1n) is 4.41. The maximum absolute atomic E-state index is 12.6. The number of alkyl halides is 3. The summed E-state index contributed by atoms with van der Waals surface area (Å²) in [5, 5.41) is 0. The molecule has 2 nitrogen and oxygen atoms in total. The van der Waals surface area contributed by atoms with Crippen LogP contribution in [0.3, 0.4) is 0 Å². The zero-order chi connectivity index (χ0) is 11.6. The minimum Gasteiger partial charge on any atom is -0.399 e. The van der Waals surface area contributed by atoms with Crippen LogP contribution in [0.4, 0.5) is 18.9 Å². The summed E-state index contributed by atoms with van der Waals surface area (Å²) in [7, 11) is 3.44. The van der Waals surface area contributed by atoms with Crippen LogP contribution in [0.15, 0.2) is 18.2 Å². The van der Waals surface area contributed by atoms with Crippen LogP contribution in [0.2, 0.25) is 0 Å². The highest BCUT2D eigenvalue weighted by Crippen LogP contribution is 2.33. The molecule has 17 heavy (non-hydrogen) atoms. The summed E-state index contributed by atoms with van der Waals surface area (Å²) in [6.45, 7) is 0.245. The van der Waals surface area contributed by atoms with E-state index < -0.39 is 11.7 Å². The summed E-state index contributed by atoms with van der Waals surface area (Å²) in [4.78, 5) is 1.68. The largest absolute Gasteiger partial charge is 0.416 e. The van der Waals surface area contributed by atoms with Crippen molar-refractivity contribution in [2.45, 2.75) is 12.7 Å². The second-order valence-electron chi connectivity index (χ2n) is 3.65. The van der Waals surface area contributed by atoms with Crippen LogP contribution in [-0.2, 0) is 12.7 Å². The van der Waals surface area contributed by atoms with E-state index in [1.165, 1.54) is 12.1 Å². The van der Waals surface area contributed by atoms with Gasteiger partial charge in [0.1, 0.15) is 0 Å². The van der Waals surface area contributed by atoms with Crippen LogP contribution in [0.1, 0.15) is 11.1 Å². The average Bonchev–Trinajstić information content (AvgIpc) is 2.05. The van der Waals surface area contributed by atoms with E-state index in [1.54, 1.807) is 19.0 Å². The van der Waals surface area contributed by atoms with Crippen LogP contribution in [-0.4, -0.2) is 19.0 Å². The fourth-order valence-electron chi connectivity index (χ4n) is 1.34. The van der Waals surface area contributed by atoms with Crippen molar-refractivity contribution >= 4 is 30.5 Å². The Labute approximate surface area is 111 Å². The third-order valence-corrected chi connectivity index (χ3v) is 1.93. The van der Waals surface area contributed by atoms with Gasteiger partial charge in [0, 0.05) is 12.2 Å². The highest BCUT2D eigenvalue weighted by atomic mass is 35.5. The molecule has 0 radical (unpaired) electrons. The molecule has 0 aliphatic carbocycles. The van der Waals surface area contributed by atoms with Crippen molar-refractivity contribution in [3.8, 4) is 0 Å². The number of nitrogens with zero attached hydrogens (tertiary/aromatic N) is 1. The Bertz CT molecular complexity index is 354. The van der Waals surface area contributed by atoms with Gasteiger partial charge in [0.2, 0.25) is 0 Å². The van der Waals surface area contributed by atoms with Crippen LogP contribution in [0.5, 0.6) is 0 Å². The molecule has 1 aromatic rings. The van der Waals surface area contributed by atoms with Crippen molar-refractivity contribution in [3.63, 3.8) is 0 Å². The highest BCUT2D eigenvalue weighted by Gasteiger charge is 2.33. The molecule has 1 aromatic carbocycles. The third kappa shape index (κ3) is 5.48. The summed E-state index contributed by atoms with van der Waals surface area (Å²) in [6.07, 6.45) is -4.35. The molecule has 1 rings (SSSR count). The molecule has 0 aliphatic heterocycles. The van der Waals surface area contributed by atoms with E-state index in [0.29, 0.717) is 0 Å². The van der Waals surface area contributed by atoms with Crippen LogP contribution in [0, 0.1) is 0 Å². The standard InChI is InChI=1S/C10H13F3N2.2ClH/c1-15(2)6-7-3-4-8(14)5-9(7)10(11,12)13;;/h3-5H,6,14H2,1-2H3;2*1H. The summed E-state index contributed by atoms with van der Waals surface area (Å²) in [5.41, 5.74) is 5.05. The topological polar surface area (TPSA) is 29.3 Å². The molecule has 100 valence electrons. The molecule has 0 aliphatic rings. The van der Waals surface area contributed by atoms with Crippen molar-refractivity contribution in [2.24, 2.45) is 0 Å². The Morgan fingerprint density at radius 1 is 1.18 bits per heavy atom. The molecule has 0 unspecified atom stereocenters. The molecule has 0 saturated carbocycles. The Hall–Kier alpha value is -0.650. The predicted octanol–water partition coefficient (Wildman–Crippen LogP) is 3.19. The SMILES string of the molecule is CN(C)Cc1ccc(N)cc1C(F)(F)F.Cl.Cl. The smallest absolute Gasteiger partial charge is 0.399 e. The molecule has 7 heteroatoms. The Morgan fingerprint density at radius 3 is 2.12 bits per heavy atom. The van der Waals surface area contributed by atoms with Gasteiger partial charge in [0.15, 0.2) is 0 Å². The summed E-state index contributed by atoms with van der Waals surface area (Å²) >= 11 is 0. The number of hydrogen-bond acceptors (Lipinski definition) is 2. The lowest BCUT2D eigenvalue weighted by atomic mass is 10.1. The molecule has 0 spiro atoms. The van der Waals surface area contributed by atoms with Crippen molar-refractivity contribution < 1.29 is 13.2 Å². The molecule has 0 aromatic heterocycles. The Balaban J connectivity index is 0. The van der Waals surface area contributed by atoms with Crippen LogP contribution in [0.25, 0.3) is 0 Å². The van der Waals surface area contributed by atoms with Gasteiger partial charge in [0.25, 0.3) is 0 Å². The highest BCUT2D eigenvalue weighted by molar-refractivity contribution is 5.85. The van der Waals surface area contributed by atoms with Gasteiger partial charge < -0.3 is 10.6 Å². The molecular weight excluding hydrogens is 276 g/mol. The third-order valence-electron chi connectivity index (χ3n) is 1.93. The number of anilines is 1. The fourth-order valence-corrected chi connectivity index (χ4v) is 1.34. The lowest BCUT2D eigenvalue weighted by Gasteiger charge is -2.16. The second-order valence-corrected chi connectivity index (χ2v) is 3.65. The van der Waals surface area contributed by atoms with E-state index in [2.05, 4.69) is 0 Å². The number of benzene rings is 1. The fraction of sp³-hybridized carbons (Fsp3) is 0.400. The number of nitrogen functional groups attached to an aromatic ring is 1. The van der Waals surface area contributed by atoms with Crippen molar-refractivity contribution in [1.82, 2.24) is 4.90 Å². The molecule has 0 heterocycles. The predicted molar refractivity (Wildman–Crippen MR) is 67.7 cm³/mol. The zero-order valence-electron chi connectivity index (χ0n) is 9.41. The van der Waals surface area contributed by atoms with E-state index >= 15 is 0 Å². The van der Waals surface area contributed by atoms with Crippen LogP contribution >= 0.6 is 24.8 Å². The molecule has 0 saturated heterocycles. The Kier molecular flexibility index (Phi) is 7.63. The van der Waals surface area contributed by atoms with E-state index in [4.69, 9.17) is 5.73 Å². The van der Waals surface area contributed by atoms with Gasteiger partial charge in [0.05, 0.1) is 5.56 Å². The molecule has 0 fully saturated rings. The van der Waals surface area contributed by atoms with Gasteiger partial charge in [-0.05, 0) is 31.8 Å². The summed E-state index contributed by atoms with van der Waals surface area (Å²) in [6, 6.07) is 3.87. The van der Waals surface area contributed by atoms with Gasteiger partial charge in [-0.15, -0.1) is 24.8 Å². The summed E-state index contributed by atoms with van der Waals surface area (Å²) in [5.74, 6) is 0. The van der Waals surface area contributed by atoms with E-state index in [9.17, 15) is 13.2 Å². The molecule has 0 atom stereocenters. The monoisotopic (exact) mass is 290 g/mol. The Morgan fingerprint density at radius 2 is 1.71 bits per heavy atom. The van der Waals surface area contributed by atoms with Gasteiger partial charge in [-0.3, -0.25) is 0 Å². The average molecular weight is 291 g/mol. The van der Waals surface area contributed by atoms with Crippen LogP contribution < -0.4 is 5.73 Å². The minimum atomic E-state index is -4.35. The molecular formula is C10H15Cl2F3N2. The minimum absolute atomic E-state index is 0. The quantitative estimate of drug-likeness (QED) is 0.848. The zero-order valence-corrected chi connectivity index (χ0v) is 11.0. The van der Waals surface area contributed by atoms with Crippen molar-refractivity contribution in [1.29, 1.82) is 0 Å². The first-order chi connectivity index (χ1) is 6.80. The number of rotatable bonds is 2. The first-order valence-corrected chi connectivity index (χ1v) is 4.41. The molecule has 0 bridgehead atoms. The number of hydrogen-bond donors (Lipinski definition) is 1. The van der Waals surface area contributed by atoms with E-state index in [0.717, 1.165) is 6.07 Å². The van der Waals surface area contributed by atoms with Gasteiger partial charge in [-0.1, -0.05) is 6.07 Å².